The maximum Gasteiger partial charge on any atom is 0.472 e. The number of amides is 1. The molecule has 0 fully saturated rings. The Morgan fingerprint density at radius 2 is 0.983 bits per heavy atom. The third-order valence-electron chi connectivity index (χ3n) is 10.8. The van der Waals surface area contributed by atoms with E-state index < -0.39 is 20.0 Å². The molecule has 346 valence electrons. The van der Waals surface area contributed by atoms with Crippen molar-refractivity contribution >= 4 is 13.7 Å². The summed E-state index contributed by atoms with van der Waals surface area (Å²) < 4.78 is 23.6. The van der Waals surface area contributed by atoms with Gasteiger partial charge in [0.2, 0.25) is 5.91 Å². The van der Waals surface area contributed by atoms with Gasteiger partial charge in [-0.2, -0.15) is 0 Å². The Morgan fingerprint density at radius 3 is 1.46 bits per heavy atom. The third kappa shape index (κ3) is 44.3. The van der Waals surface area contributed by atoms with Crippen molar-refractivity contribution in [3.63, 3.8) is 0 Å². The highest BCUT2D eigenvalue weighted by Crippen LogP contribution is 2.43. The van der Waals surface area contributed by atoms with E-state index in [1.54, 1.807) is 6.08 Å². The maximum absolute atomic E-state index is 12.9. The van der Waals surface area contributed by atoms with E-state index in [-0.39, 0.29) is 19.1 Å². The predicted octanol–water partition coefficient (Wildman–Crippen LogP) is 14.0. The quantitative estimate of drug-likeness (QED) is 0.0244. The van der Waals surface area contributed by atoms with E-state index in [9.17, 15) is 19.4 Å². The number of likely N-dealkylation sites (N-methyl/N-ethyl adjacent to an activating group) is 1. The summed E-state index contributed by atoms with van der Waals surface area (Å²) >= 11 is 0. The minimum atomic E-state index is -4.35. The number of aliphatic hydroxyl groups excluding tert-OH is 1. The normalized spacial score (nSPS) is 14.6. The number of hydrogen-bond acceptors (Lipinski definition) is 5. The number of allylic oxidation sites excluding steroid dienone is 7. The van der Waals surface area contributed by atoms with Crippen LogP contribution >= 0.6 is 7.82 Å². The van der Waals surface area contributed by atoms with Crippen LogP contribution in [0.15, 0.2) is 48.6 Å². The smallest absolute Gasteiger partial charge is 0.387 e. The van der Waals surface area contributed by atoms with Gasteiger partial charge in [0.25, 0.3) is 0 Å². The van der Waals surface area contributed by atoms with Crippen molar-refractivity contribution in [2.24, 2.45) is 0 Å². The fraction of sp³-hybridized carbons (Fsp3) is 0.820. The number of aliphatic hydroxyl groups is 1. The van der Waals surface area contributed by atoms with Crippen molar-refractivity contribution in [3.8, 4) is 0 Å². The first-order chi connectivity index (χ1) is 28.5. The fourth-order valence-corrected chi connectivity index (χ4v) is 7.59. The van der Waals surface area contributed by atoms with Gasteiger partial charge in [0.05, 0.1) is 39.9 Å². The highest BCUT2D eigenvalue weighted by atomic mass is 31.2. The SMILES string of the molecule is CCCCCCCCCC/C=C/CC/C=C/C(O)C(COP(=O)(O)OCC[N+](C)(C)C)NC(=O)CCCCCCCCC/C=C\C/C=C\CCCCCCCCCCC. The number of carbonyl (C=O) groups is 1. The Balaban J connectivity index is 4.35. The lowest BCUT2D eigenvalue weighted by Gasteiger charge is -2.25. The van der Waals surface area contributed by atoms with Gasteiger partial charge in [-0.15, -0.1) is 0 Å². The Morgan fingerprint density at radius 1 is 0.576 bits per heavy atom. The van der Waals surface area contributed by atoms with Crippen LogP contribution in [0.4, 0.5) is 0 Å². The number of phosphoric acid groups is 1. The van der Waals surface area contributed by atoms with Crippen LogP contribution < -0.4 is 5.32 Å². The molecule has 3 N–H and O–H groups in total. The molecule has 0 spiro atoms. The lowest BCUT2D eigenvalue weighted by Crippen LogP contribution is -2.45. The monoisotopic (exact) mass is 852 g/mol. The molecule has 0 aromatic heterocycles. The molecular weight excluding hydrogens is 756 g/mol. The molecule has 0 aliphatic rings. The topological polar surface area (TPSA) is 105 Å². The van der Waals surface area contributed by atoms with E-state index in [4.69, 9.17) is 9.05 Å². The molecule has 8 nitrogen and oxygen atoms in total. The van der Waals surface area contributed by atoms with Gasteiger partial charge in [-0.05, 0) is 64.2 Å². The summed E-state index contributed by atoms with van der Waals surface area (Å²) in [7, 11) is 1.55. The van der Waals surface area contributed by atoms with Crippen LogP contribution in [0.1, 0.15) is 213 Å². The Hall–Kier alpha value is -1.54. The summed E-state index contributed by atoms with van der Waals surface area (Å²) in [4.78, 5) is 23.2. The van der Waals surface area contributed by atoms with Gasteiger partial charge in [0, 0.05) is 6.42 Å². The van der Waals surface area contributed by atoms with E-state index in [0.717, 1.165) is 51.4 Å². The number of carbonyl (C=O) groups excluding carboxylic acids is 1. The summed E-state index contributed by atoms with van der Waals surface area (Å²) in [5, 5.41) is 13.8. The molecule has 3 unspecified atom stereocenters. The van der Waals surface area contributed by atoms with Crippen LogP contribution in [0.5, 0.6) is 0 Å². The molecule has 0 aromatic carbocycles. The van der Waals surface area contributed by atoms with Crippen LogP contribution in [-0.2, 0) is 18.4 Å². The summed E-state index contributed by atoms with van der Waals surface area (Å²) in [6.45, 7) is 4.78. The van der Waals surface area contributed by atoms with E-state index in [2.05, 4.69) is 55.6 Å². The van der Waals surface area contributed by atoms with Crippen molar-refractivity contribution in [3.05, 3.63) is 48.6 Å². The first-order valence-corrected chi connectivity index (χ1v) is 26.0. The minimum absolute atomic E-state index is 0.0533. The van der Waals surface area contributed by atoms with Crippen molar-refractivity contribution in [1.29, 1.82) is 0 Å². The van der Waals surface area contributed by atoms with Gasteiger partial charge in [-0.25, -0.2) is 4.57 Å². The highest BCUT2D eigenvalue weighted by Gasteiger charge is 2.27. The molecule has 0 heterocycles. The number of nitrogens with one attached hydrogen (secondary N) is 1. The van der Waals surface area contributed by atoms with Gasteiger partial charge < -0.3 is 19.8 Å². The van der Waals surface area contributed by atoms with E-state index >= 15 is 0 Å². The lowest BCUT2D eigenvalue weighted by atomic mass is 10.1. The molecule has 1 amide bonds. The molecule has 0 aliphatic heterocycles. The van der Waals surface area contributed by atoms with Gasteiger partial charge in [-0.3, -0.25) is 13.8 Å². The predicted molar refractivity (Wildman–Crippen MR) is 254 cm³/mol. The molecule has 0 saturated carbocycles. The van der Waals surface area contributed by atoms with Crippen LogP contribution in [0.3, 0.4) is 0 Å². The number of rotatable bonds is 44. The summed E-state index contributed by atoms with van der Waals surface area (Å²) in [5.74, 6) is -0.196. The van der Waals surface area contributed by atoms with Crippen LogP contribution in [0, 0.1) is 0 Å². The zero-order valence-corrected chi connectivity index (χ0v) is 40.1. The van der Waals surface area contributed by atoms with Crippen molar-refractivity contribution in [1.82, 2.24) is 5.32 Å². The summed E-state index contributed by atoms with van der Waals surface area (Å²) in [6.07, 6.45) is 53.3. The van der Waals surface area contributed by atoms with Crippen molar-refractivity contribution in [2.45, 2.75) is 225 Å². The number of unbranched alkanes of at least 4 members (excludes halogenated alkanes) is 25. The van der Waals surface area contributed by atoms with Gasteiger partial charge >= 0.3 is 7.82 Å². The second-order valence-corrected chi connectivity index (χ2v) is 19.3. The average Bonchev–Trinajstić information content (AvgIpc) is 3.19. The number of quaternary nitrogens is 1. The van der Waals surface area contributed by atoms with Gasteiger partial charge in [-0.1, -0.05) is 191 Å². The highest BCUT2D eigenvalue weighted by molar-refractivity contribution is 7.47. The van der Waals surface area contributed by atoms with Crippen molar-refractivity contribution in [2.75, 3.05) is 40.9 Å². The van der Waals surface area contributed by atoms with Gasteiger partial charge in [0.1, 0.15) is 13.2 Å². The van der Waals surface area contributed by atoms with Crippen molar-refractivity contribution < 1.29 is 32.9 Å². The second-order valence-electron chi connectivity index (χ2n) is 17.8. The number of phosphoric ester groups is 1. The Bertz CT molecular complexity index is 1100. The van der Waals surface area contributed by atoms with E-state index in [0.29, 0.717) is 17.4 Å². The zero-order chi connectivity index (χ0) is 43.6. The van der Waals surface area contributed by atoms with E-state index in [1.807, 2.05) is 27.2 Å². The van der Waals surface area contributed by atoms with Crippen LogP contribution in [0.2, 0.25) is 0 Å². The molecular formula is C50H96N2O6P+. The number of nitrogens with zero attached hydrogens (tertiary/aromatic N) is 1. The number of hydrogen-bond donors (Lipinski definition) is 3. The zero-order valence-electron chi connectivity index (χ0n) is 39.2. The summed E-state index contributed by atoms with van der Waals surface area (Å²) in [6, 6.07) is -0.867. The molecule has 0 rings (SSSR count). The standard InChI is InChI=1S/C50H95N2O6P/c1-6-8-10-12-14-16-18-20-22-23-24-25-26-27-28-29-30-32-34-36-38-40-42-44-50(54)51-48(47-58-59(55,56)57-46-45-52(3,4)5)49(53)43-41-39-37-35-33-31-21-19-17-15-13-11-9-7-2/h24-25,27-28,33,35,41,43,48-49,53H,6-23,26,29-32,34,36-40,42,44-47H2,1-5H3,(H-,51,54,55,56)/p+1/b25-24-,28-27-,35-33+,43-41+. The molecule has 0 aromatic rings. The van der Waals surface area contributed by atoms with E-state index in [1.165, 1.54) is 141 Å². The van der Waals surface area contributed by atoms with Crippen LogP contribution in [0.25, 0.3) is 0 Å². The maximum atomic E-state index is 12.9. The molecule has 9 heteroatoms. The molecule has 0 radical (unpaired) electrons. The molecule has 0 saturated heterocycles. The van der Waals surface area contributed by atoms with Gasteiger partial charge in [0.15, 0.2) is 0 Å². The second kappa shape index (κ2) is 41.8. The average molecular weight is 852 g/mol. The van der Waals surface area contributed by atoms with Crippen LogP contribution in [-0.4, -0.2) is 73.4 Å². The first kappa shape index (κ1) is 57.5. The molecule has 0 aliphatic carbocycles. The molecule has 3 atom stereocenters. The molecule has 59 heavy (non-hydrogen) atoms. The minimum Gasteiger partial charge on any atom is -0.387 e. The Labute approximate surface area is 365 Å². The fourth-order valence-electron chi connectivity index (χ4n) is 6.85. The third-order valence-corrected chi connectivity index (χ3v) is 11.8. The largest absolute Gasteiger partial charge is 0.472 e. The molecule has 0 bridgehead atoms. The first-order valence-electron chi connectivity index (χ1n) is 24.5. The summed E-state index contributed by atoms with van der Waals surface area (Å²) in [5.41, 5.74) is 0. The Kier molecular flexibility index (Phi) is 40.7. The lowest BCUT2D eigenvalue weighted by molar-refractivity contribution is -0.870.